The normalized spacial score (nSPS) is 10.8. The molecule has 3 N–H and O–H groups in total. The number of nitrogens with one attached hydrogen (secondary N) is 1. The summed E-state index contributed by atoms with van der Waals surface area (Å²) in [7, 11) is 0. The molecule has 0 heterocycles. The summed E-state index contributed by atoms with van der Waals surface area (Å²) >= 11 is 5.82. The maximum absolute atomic E-state index is 11.9. The molecule has 1 rings (SSSR count). The molecule has 112 valence electrons. The Labute approximate surface area is 126 Å². The van der Waals surface area contributed by atoms with E-state index in [2.05, 4.69) is 24.1 Å². The summed E-state index contributed by atoms with van der Waals surface area (Å²) in [6.45, 7) is 7.37. The monoisotopic (exact) mass is 297 g/mol. The van der Waals surface area contributed by atoms with Gasteiger partial charge in [-0.05, 0) is 50.7 Å². The van der Waals surface area contributed by atoms with Gasteiger partial charge in [0.15, 0.2) is 0 Å². The number of carbonyl (C=O) groups is 1. The van der Waals surface area contributed by atoms with Gasteiger partial charge in [-0.15, -0.1) is 0 Å². The predicted molar refractivity (Wildman–Crippen MR) is 86.1 cm³/mol. The number of hydrogen-bond donors (Lipinski definition) is 2. The van der Waals surface area contributed by atoms with Crippen molar-refractivity contribution in [1.29, 1.82) is 0 Å². The minimum Gasteiger partial charge on any atom is -0.397 e. The lowest BCUT2D eigenvalue weighted by Crippen LogP contribution is -2.26. The fraction of sp³-hybridized carbons (Fsp3) is 0.533. The first kappa shape index (κ1) is 16.8. The molecule has 0 spiro atoms. The van der Waals surface area contributed by atoms with Crippen molar-refractivity contribution in [2.45, 2.75) is 33.1 Å². The lowest BCUT2D eigenvalue weighted by Gasteiger charge is -2.19. The van der Waals surface area contributed by atoms with Gasteiger partial charge in [-0.3, -0.25) is 4.79 Å². The van der Waals surface area contributed by atoms with Gasteiger partial charge in [-0.2, -0.15) is 0 Å². The van der Waals surface area contributed by atoms with Crippen molar-refractivity contribution >= 4 is 28.9 Å². The number of amides is 1. The van der Waals surface area contributed by atoms with Gasteiger partial charge in [0.1, 0.15) is 0 Å². The molecule has 1 amide bonds. The second-order valence-corrected chi connectivity index (χ2v) is 5.25. The Bertz CT molecular complexity index is 437. The number of nitrogens with zero attached hydrogens (tertiary/aromatic N) is 1. The number of carbonyl (C=O) groups excluding carboxylic acids is 1. The number of halogens is 1. The fourth-order valence-electron chi connectivity index (χ4n) is 2.07. The Morgan fingerprint density at radius 2 is 2.10 bits per heavy atom. The molecule has 0 aromatic heterocycles. The quantitative estimate of drug-likeness (QED) is 0.723. The smallest absolute Gasteiger partial charge is 0.224 e. The molecule has 0 bridgehead atoms. The third kappa shape index (κ3) is 5.80. The third-order valence-electron chi connectivity index (χ3n) is 3.15. The Balaban J connectivity index is 2.36. The summed E-state index contributed by atoms with van der Waals surface area (Å²) in [4.78, 5) is 14.2. The van der Waals surface area contributed by atoms with Gasteiger partial charge in [-0.25, -0.2) is 0 Å². The molecule has 0 fully saturated rings. The van der Waals surface area contributed by atoms with E-state index in [-0.39, 0.29) is 5.91 Å². The van der Waals surface area contributed by atoms with Crippen molar-refractivity contribution < 1.29 is 4.79 Å². The van der Waals surface area contributed by atoms with Gasteiger partial charge in [-0.1, -0.05) is 25.4 Å². The van der Waals surface area contributed by atoms with Crippen LogP contribution < -0.4 is 11.1 Å². The molecule has 1 aromatic rings. The molecular weight excluding hydrogens is 274 g/mol. The highest BCUT2D eigenvalue weighted by Crippen LogP contribution is 2.22. The Hall–Kier alpha value is -1.26. The molecule has 5 heteroatoms. The molecule has 0 saturated carbocycles. The lowest BCUT2D eigenvalue weighted by atomic mass is 10.2. The van der Waals surface area contributed by atoms with Crippen molar-refractivity contribution in [1.82, 2.24) is 4.90 Å². The van der Waals surface area contributed by atoms with E-state index in [0.717, 1.165) is 32.5 Å². The molecule has 0 aliphatic rings. The van der Waals surface area contributed by atoms with Crippen LogP contribution in [0.15, 0.2) is 18.2 Å². The van der Waals surface area contributed by atoms with E-state index in [0.29, 0.717) is 22.8 Å². The molecule has 0 saturated heterocycles. The van der Waals surface area contributed by atoms with Crippen LogP contribution in [0.1, 0.15) is 33.1 Å². The highest BCUT2D eigenvalue weighted by atomic mass is 35.5. The number of benzene rings is 1. The first-order valence-corrected chi connectivity index (χ1v) is 7.51. The van der Waals surface area contributed by atoms with Crippen LogP contribution >= 0.6 is 11.6 Å². The van der Waals surface area contributed by atoms with Crippen molar-refractivity contribution in [3.05, 3.63) is 23.2 Å². The second kappa shape index (κ2) is 8.82. The molecule has 1 aromatic carbocycles. The largest absolute Gasteiger partial charge is 0.397 e. The highest BCUT2D eigenvalue weighted by molar-refractivity contribution is 6.31. The molecule has 0 unspecified atom stereocenters. The first-order chi connectivity index (χ1) is 9.56. The van der Waals surface area contributed by atoms with E-state index in [1.807, 2.05) is 0 Å². The van der Waals surface area contributed by atoms with Crippen LogP contribution in [-0.2, 0) is 4.79 Å². The molecule has 0 radical (unpaired) electrons. The van der Waals surface area contributed by atoms with E-state index < -0.39 is 0 Å². The van der Waals surface area contributed by atoms with Crippen molar-refractivity contribution in [3.63, 3.8) is 0 Å². The van der Waals surface area contributed by atoms with E-state index in [9.17, 15) is 4.79 Å². The maximum atomic E-state index is 11.9. The number of nitrogens with two attached hydrogens (primary N) is 1. The van der Waals surface area contributed by atoms with Crippen molar-refractivity contribution in [2.24, 2.45) is 0 Å². The standard InChI is InChI=1S/C15H24ClN3O/c1-3-9-19(4-2)10-5-6-15(20)18-14-8-7-12(16)11-13(14)17/h7-8,11H,3-6,9-10,17H2,1-2H3,(H,18,20). The average Bonchev–Trinajstić information content (AvgIpc) is 2.41. The van der Waals surface area contributed by atoms with E-state index in [1.165, 1.54) is 0 Å². The Morgan fingerprint density at radius 1 is 1.35 bits per heavy atom. The Morgan fingerprint density at radius 3 is 2.70 bits per heavy atom. The van der Waals surface area contributed by atoms with Crippen LogP contribution in [-0.4, -0.2) is 30.4 Å². The van der Waals surface area contributed by atoms with Crippen molar-refractivity contribution in [2.75, 3.05) is 30.7 Å². The van der Waals surface area contributed by atoms with Gasteiger partial charge >= 0.3 is 0 Å². The zero-order chi connectivity index (χ0) is 15.0. The third-order valence-corrected chi connectivity index (χ3v) is 3.39. The zero-order valence-corrected chi connectivity index (χ0v) is 13.0. The topological polar surface area (TPSA) is 58.4 Å². The van der Waals surface area contributed by atoms with Gasteiger partial charge in [0.25, 0.3) is 0 Å². The minimum absolute atomic E-state index is 0.00780. The SMILES string of the molecule is CCCN(CC)CCCC(=O)Nc1ccc(Cl)cc1N. The zero-order valence-electron chi connectivity index (χ0n) is 12.3. The maximum Gasteiger partial charge on any atom is 0.224 e. The molecule has 0 aliphatic heterocycles. The summed E-state index contributed by atoms with van der Waals surface area (Å²) in [6, 6.07) is 5.08. The van der Waals surface area contributed by atoms with Crippen LogP contribution in [0.25, 0.3) is 0 Å². The van der Waals surface area contributed by atoms with Gasteiger partial charge in [0.2, 0.25) is 5.91 Å². The summed E-state index contributed by atoms with van der Waals surface area (Å²) in [5.41, 5.74) is 6.92. The van der Waals surface area contributed by atoms with Crippen LogP contribution in [0, 0.1) is 0 Å². The van der Waals surface area contributed by atoms with Crippen LogP contribution in [0.3, 0.4) is 0 Å². The first-order valence-electron chi connectivity index (χ1n) is 7.14. The lowest BCUT2D eigenvalue weighted by molar-refractivity contribution is -0.116. The van der Waals surface area contributed by atoms with Crippen LogP contribution in [0.4, 0.5) is 11.4 Å². The molecular formula is C15H24ClN3O. The molecule has 4 nitrogen and oxygen atoms in total. The average molecular weight is 298 g/mol. The number of anilines is 2. The molecule has 20 heavy (non-hydrogen) atoms. The minimum atomic E-state index is -0.00780. The predicted octanol–water partition coefficient (Wildman–Crippen LogP) is 3.37. The van der Waals surface area contributed by atoms with E-state index in [4.69, 9.17) is 17.3 Å². The molecule has 0 atom stereocenters. The summed E-state index contributed by atoms with van der Waals surface area (Å²) in [5.74, 6) is -0.00780. The Kier molecular flexibility index (Phi) is 7.41. The summed E-state index contributed by atoms with van der Waals surface area (Å²) in [6.07, 6.45) is 2.50. The van der Waals surface area contributed by atoms with E-state index in [1.54, 1.807) is 18.2 Å². The van der Waals surface area contributed by atoms with Gasteiger partial charge in [0, 0.05) is 11.4 Å². The van der Waals surface area contributed by atoms with Gasteiger partial charge in [0.05, 0.1) is 11.4 Å². The summed E-state index contributed by atoms with van der Waals surface area (Å²) < 4.78 is 0. The number of nitrogen functional groups attached to an aromatic ring is 1. The van der Waals surface area contributed by atoms with E-state index >= 15 is 0 Å². The highest BCUT2D eigenvalue weighted by Gasteiger charge is 2.07. The van der Waals surface area contributed by atoms with Crippen LogP contribution in [0.2, 0.25) is 5.02 Å². The fourth-order valence-corrected chi connectivity index (χ4v) is 2.25. The van der Waals surface area contributed by atoms with Crippen molar-refractivity contribution in [3.8, 4) is 0 Å². The summed E-state index contributed by atoms with van der Waals surface area (Å²) in [5, 5.41) is 3.39. The number of rotatable bonds is 8. The second-order valence-electron chi connectivity index (χ2n) is 4.82. The van der Waals surface area contributed by atoms with Crippen LogP contribution in [0.5, 0.6) is 0 Å². The molecule has 0 aliphatic carbocycles. The number of hydrogen-bond acceptors (Lipinski definition) is 3. The van der Waals surface area contributed by atoms with Gasteiger partial charge < -0.3 is 16.0 Å².